The molecule has 1 aromatic carbocycles. The van der Waals surface area contributed by atoms with Gasteiger partial charge in [0.05, 0.1) is 11.4 Å². The Morgan fingerprint density at radius 3 is 2.86 bits per heavy atom. The van der Waals surface area contributed by atoms with E-state index in [1.54, 1.807) is 6.07 Å². The van der Waals surface area contributed by atoms with Gasteiger partial charge < -0.3 is 14.6 Å². The van der Waals surface area contributed by atoms with Gasteiger partial charge in [0.1, 0.15) is 5.52 Å². The number of aryl methyl sites for hydroxylation is 1. The average molecular weight is 291 g/mol. The van der Waals surface area contributed by atoms with Crippen LogP contribution in [0.4, 0.5) is 10.3 Å². The number of hydrogen-bond donors (Lipinski definition) is 1. The highest BCUT2D eigenvalue weighted by atomic mass is 19.1. The van der Waals surface area contributed by atoms with Gasteiger partial charge >= 0.3 is 5.97 Å². The first-order chi connectivity index (χ1) is 9.97. The fraction of sp³-hybridized carbons (Fsp3) is 0.467. The number of carbonyl (C=O) groups is 1. The topological polar surface area (TPSA) is 58.4 Å². The van der Waals surface area contributed by atoms with Gasteiger partial charge in [0.15, 0.2) is 5.82 Å². The molecule has 2 aromatic rings. The van der Waals surface area contributed by atoms with E-state index in [1.807, 2.05) is 29.5 Å². The van der Waals surface area contributed by atoms with Gasteiger partial charge in [-0.25, -0.2) is 9.37 Å². The van der Waals surface area contributed by atoms with Gasteiger partial charge in [0.25, 0.3) is 0 Å². The predicted molar refractivity (Wildman–Crippen MR) is 77.8 cm³/mol. The third kappa shape index (κ3) is 2.34. The summed E-state index contributed by atoms with van der Waals surface area (Å²) in [6, 6.07) is 4.86. The van der Waals surface area contributed by atoms with Crippen molar-refractivity contribution < 1.29 is 14.3 Å². The number of rotatable bonds is 2. The first-order valence-corrected chi connectivity index (χ1v) is 7.06. The second-order valence-corrected chi connectivity index (χ2v) is 5.86. The lowest BCUT2D eigenvalue weighted by Gasteiger charge is -2.35. The van der Waals surface area contributed by atoms with Crippen molar-refractivity contribution in [3.8, 4) is 0 Å². The summed E-state index contributed by atoms with van der Waals surface area (Å²) in [6.07, 6.45) is 0.671. The number of aromatic nitrogens is 2. The van der Waals surface area contributed by atoms with Gasteiger partial charge in [0, 0.05) is 20.1 Å². The van der Waals surface area contributed by atoms with E-state index >= 15 is 0 Å². The normalized spacial score (nSPS) is 22.7. The molecule has 5 nitrogen and oxygen atoms in total. The maximum atomic E-state index is 13.8. The van der Waals surface area contributed by atoms with E-state index in [4.69, 9.17) is 0 Å². The maximum Gasteiger partial charge on any atom is 0.308 e. The number of imidazole rings is 1. The van der Waals surface area contributed by atoms with E-state index < -0.39 is 11.9 Å². The van der Waals surface area contributed by atoms with Crippen LogP contribution in [0, 0.1) is 17.7 Å². The largest absolute Gasteiger partial charge is 0.481 e. The van der Waals surface area contributed by atoms with Crippen LogP contribution in [0.2, 0.25) is 0 Å². The van der Waals surface area contributed by atoms with E-state index in [1.165, 1.54) is 6.07 Å². The zero-order chi connectivity index (χ0) is 15.1. The third-order valence-corrected chi connectivity index (χ3v) is 4.13. The maximum absolute atomic E-state index is 13.8. The van der Waals surface area contributed by atoms with Crippen molar-refractivity contribution in [3.63, 3.8) is 0 Å². The van der Waals surface area contributed by atoms with Crippen molar-refractivity contribution in [2.75, 3.05) is 18.0 Å². The molecule has 2 unspecified atom stereocenters. The van der Waals surface area contributed by atoms with Crippen molar-refractivity contribution >= 4 is 23.0 Å². The molecule has 3 rings (SSSR count). The summed E-state index contributed by atoms with van der Waals surface area (Å²) < 4.78 is 15.7. The van der Waals surface area contributed by atoms with Gasteiger partial charge in [-0.15, -0.1) is 0 Å². The van der Waals surface area contributed by atoms with Crippen LogP contribution in [0.1, 0.15) is 13.3 Å². The van der Waals surface area contributed by atoms with Crippen LogP contribution >= 0.6 is 0 Å². The number of para-hydroxylation sites is 1. The fourth-order valence-corrected chi connectivity index (χ4v) is 3.14. The molecule has 21 heavy (non-hydrogen) atoms. The molecule has 2 atom stereocenters. The molecule has 1 fully saturated rings. The van der Waals surface area contributed by atoms with E-state index in [9.17, 15) is 14.3 Å². The molecule has 1 N–H and O–H groups in total. The zero-order valence-corrected chi connectivity index (χ0v) is 12.1. The number of anilines is 1. The Labute approximate surface area is 122 Å². The van der Waals surface area contributed by atoms with Gasteiger partial charge in [-0.05, 0) is 24.5 Å². The Bertz CT molecular complexity index is 698. The quantitative estimate of drug-likeness (QED) is 0.922. The molecule has 112 valence electrons. The number of piperidine rings is 1. The van der Waals surface area contributed by atoms with E-state index in [-0.39, 0.29) is 11.7 Å². The van der Waals surface area contributed by atoms with Crippen LogP contribution < -0.4 is 4.90 Å². The number of carboxylic acids is 1. The van der Waals surface area contributed by atoms with Crippen LogP contribution in [0.3, 0.4) is 0 Å². The summed E-state index contributed by atoms with van der Waals surface area (Å²) in [5.41, 5.74) is 1.05. The molecule has 0 amide bonds. The second-order valence-electron chi connectivity index (χ2n) is 5.86. The smallest absolute Gasteiger partial charge is 0.308 e. The number of hydrogen-bond acceptors (Lipinski definition) is 3. The number of benzene rings is 1. The Kier molecular flexibility index (Phi) is 3.31. The van der Waals surface area contributed by atoms with E-state index in [0.717, 1.165) is 12.1 Å². The summed E-state index contributed by atoms with van der Waals surface area (Å²) in [7, 11) is 1.83. The van der Waals surface area contributed by atoms with Crippen LogP contribution in [0.15, 0.2) is 18.2 Å². The molecule has 0 saturated carbocycles. The van der Waals surface area contributed by atoms with Gasteiger partial charge in [0.2, 0.25) is 5.95 Å². The Hall–Kier alpha value is -2.11. The molecule has 1 aromatic heterocycles. The number of carboxylic acid groups (broad SMARTS) is 1. The van der Waals surface area contributed by atoms with Crippen molar-refractivity contribution in [2.24, 2.45) is 18.9 Å². The minimum atomic E-state index is -0.781. The molecule has 0 radical (unpaired) electrons. The van der Waals surface area contributed by atoms with Crippen molar-refractivity contribution in [2.45, 2.75) is 13.3 Å². The van der Waals surface area contributed by atoms with Crippen LogP contribution in [-0.2, 0) is 11.8 Å². The molecule has 6 heteroatoms. The third-order valence-electron chi connectivity index (χ3n) is 4.13. The number of aliphatic carboxylic acids is 1. The first-order valence-electron chi connectivity index (χ1n) is 7.06. The molecule has 0 aliphatic carbocycles. The number of halogens is 1. The molecule has 1 aliphatic rings. The molecular formula is C15H18FN3O2. The van der Waals surface area contributed by atoms with Crippen LogP contribution in [-0.4, -0.2) is 33.7 Å². The highest BCUT2D eigenvalue weighted by molar-refractivity contribution is 5.79. The highest BCUT2D eigenvalue weighted by Crippen LogP contribution is 2.29. The van der Waals surface area contributed by atoms with Crippen molar-refractivity contribution in [3.05, 3.63) is 24.0 Å². The van der Waals surface area contributed by atoms with Gasteiger partial charge in [-0.1, -0.05) is 13.0 Å². The SMILES string of the molecule is CC1CC(C(=O)O)CN(c2nc3c(F)cccc3n2C)C1. The van der Waals surface area contributed by atoms with Crippen LogP contribution in [0.5, 0.6) is 0 Å². The first kappa shape index (κ1) is 13.9. The highest BCUT2D eigenvalue weighted by Gasteiger charge is 2.31. The molecule has 1 aliphatic heterocycles. The van der Waals surface area contributed by atoms with E-state index in [0.29, 0.717) is 24.4 Å². The lowest BCUT2D eigenvalue weighted by Crippen LogP contribution is -2.43. The average Bonchev–Trinajstić information content (AvgIpc) is 2.77. The van der Waals surface area contributed by atoms with Crippen LogP contribution in [0.25, 0.3) is 11.0 Å². The second kappa shape index (κ2) is 5.02. The Morgan fingerprint density at radius 1 is 1.43 bits per heavy atom. The summed E-state index contributed by atoms with van der Waals surface area (Å²) >= 11 is 0. The minimum Gasteiger partial charge on any atom is -0.481 e. The minimum absolute atomic E-state index is 0.268. The fourth-order valence-electron chi connectivity index (χ4n) is 3.14. The van der Waals surface area contributed by atoms with E-state index in [2.05, 4.69) is 4.98 Å². The van der Waals surface area contributed by atoms with Crippen molar-refractivity contribution in [1.82, 2.24) is 9.55 Å². The molecule has 2 heterocycles. The molecule has 1 saturated heterocycles. The lowest BCUT2D eigenvalue weighted by atomic mass is 9.91. The van der Waals surface area contributed by atoms with Gasteiger partial charge in [-0.2, -0.15) is 0 Å². The summed E-state index contributed by atoms with van der Waals surface area (Å²) in [5, 5.41) is 9.26. The predicted octanol–water partition coefficient (Wildman–Crippen LogP) is 2.26. The number of nitrogens with zero attached hydrogens (tertiary/aromatic N) is 3. The molecule has 0 bridgehead atoms. The lowest BCUT2D eigenvalue weighted by molar-refractivity contribution is -0.142. The Balaban J connectivity index is 2.01. The van der Waals surface area contributed by atoms with Gasteiger partial charge in [-0.3, -0.25) is 4.79 Å². The summed E-state index contributed by atoms with van der Waals surface area (Å²) in [5.74, 6) is -0.637. The molecular weight excluding hydrogens is 273 g/mol. The zero-order valence-electron chi connectivity index (χ0n) is 12.1. The summed E-state index contributed by atoms with van der Waals surface area (Å²) in [4.78, 5) is 17.6. The standard InChI is InChI=1S/C15H18FN3O2/c1-9-6-10(14(20)21)8-19(7-9)15-17-13-11(16)4-3-5-12(13)18(15)2/h3-5,9-10H,6-8H2,1-2H3,(H,20,21). The number of fused-ring (bicyclic) bond motifs is 1. The molecule has 0 spiro atoms. The van der Waals surface area contributed by atoms with Crippen molar-refractivity contribution in [1.29, 1.82) is 0 Å². The monoisotopic (exact) mass is 291 g/mol. The summed E-state index contributed by atoms with van der Waals surface area (Å²) in [6.45, 7) is 3.19. The Morgan fingerprint density at radius 2 is 2.19 bits per heavy atom.